The first-order valence-electron chi connectivity index (χ1n) is 10.5. The van der Waals surface area contributed by atoms with Gasteiger partial charge in [-0.1, -0.05) is 48.2 Å². The molecule has 2 heterocycles. The van der Waals surface area contributed by atoms with Gasteiger partial charge in [-0.05, 0) is 24.6 Å². The Hall–Kier alpha value is -3.24. The molecule has 3 aromatic carbocycles. The third-order valence-corrected chi connectivity index (χ3v) is 5.39. The van der Waals surface area contributed by atoms with Gasteiger partial charge in [0.2, 0.25) is 6.04 Å². The van der Waals surface area contributed by atoms with Crippen LogP contribution >= 0.6 is 0 Å². The van der Waals surface area contributed by atoms with Crippen LogP contribution in [0.2, 0.25) is 0 Å². The van der Waals surface area contributed by atoms with E-state index in [1.165, 1.54) is 11.1 Å². The molecule has 0 aliphatic carbocycles. The minimum Gasteiger partial charge on any atom is -0.509 e. The Kier molecular flexibility index (Phi) is 6.75. The number of hydrogen-bond acceptors (Lipinski definition) is 5. The zero-order valence-corrected chi connectivity index (χ0v) is 20.8. The van der Waals surface area contributed by atoms with E-state index in [9.17, 15) is 0 Å². The molecule has 2 aliphatic rings. The molecule has 0 fully saturated rings. The maximum absolute atomic E-state index is 6.08. The van der Waals surface area contributed by atoms with Crippen LogP contribution in [0.15, 0.2) is 82.6 Å². The van der Waals surface area contributed by atoms with Crippen LogP contribution in [-0.2, 0) is 21.1 Å². The number of rotatable bonds is 5. The van der Waals surface area contributed by atoms with Crippen LogP contribution in [0, 0.1) is 18.8 Å². The van der Waals surface area contributed by atoms with Gasteiger partial charge < -0.3 is 14.6 Å². The van der Waals surface area contributed by atoms with Gasteiger partial charge in [0, 0.05) is 39.5 Å². The van der Waals surface area contributed by atoms with Gasteiger partial charge in [-0.15, -0.1) is 35.6 Å². The second kappa shape index (κ2) is 9.72. The van der Waals surface area contributed by atoms with E-state index in [4.69, 9.17) is 9.85 Å². The smallest absolute Gasteiger partial charge is 0.207 e. The predicted molar refractivity (Wildman–Crippen MR) is 125 cm³/mol. The van der Waals surface area contributed by atoms with E-state index in [1.54, 1.807) is 11.3 Å². The molecular formula is C26H23N5OPt-2. The normalized spacial score (nSPS) is 17.3. The maximum atomic E-state index is 6.08. The summed E-state index contributed by atoms with van der Waals surface area (Å²) in [5.41, 5.74) is 5.08. The first-order chi connectivity index (χ1) is 15.6. The molecule has 0 saturated heterocycles. The molecule has 7 heteroatoms. The zero-order valence-electron chi connectivity index (χ0n) is 18.5. The molecule has 3 aromatic rings. The van der Waals surface area contributed by atoms with Crippen LogP contribution in [-0.4, -0.2) is 29.0 Å². The third-order valence-electron chi connectivity index (χ3n) is 5.39. The number of nitrogens with zero attached hydrogens (tertiary/aromatic N) is 5. The molecule has 0 radical (unpaired) electrons. The van der Waals surface area contributed by atoms with Crippen LogP contribution in [0.3, 0.4) is 0 Å². The van der Waals surface area contributed by atoms with Gasteiger partial charge in [-0.2, -0.15) is 17.2 Å². The van der Waals surface area contributed by atoms with Gasteiger partial charge in [0.15, 0.2) is 0 Å². The van der Waals surface area contributed by atoms with Crippen molar-refractivity contribution >= 4 is 23.3 Å². The molecule has 1 atom stereocenters. The van der Waals surface area contributed by atoms with Crippen molar-refractivity contribution in [2.75, 3.05) is 12.1 Å². The van der Waals surface area contributed by atoms with E-state index >= 15 is 0 Å². The van der Waals surface area contributed by atoms with E-state index in [0.29, 0.717) is 11.5 Å². The zero-order chi connectivity index (χ0) is 22.1. The standard InChI is InChI=1S/C26H23N5O.Pt/c1-19-26(21-9-5-4-6-10-21)20(2)31(28-19)23-12-8-14-25(16-23)32-24-13-7-11-22(15-24)30-18-29(3)17-27-30;/h4-14,17-18,20H,1-3H3;/q-2;. The number of ether oxygens (including phenoxy) is 1. The van der Waals surface area contributed by atoms with Gasteiger partial charge in [-0.3, -0.25) is 0 Å². The van der Waals surface area contributed by atoms with Crippen molar-refractivity contribution in [2.24, 2.45) is 10.2 Å². The molecule has 2 aliphatic heterocycles. The molecule has 0 N–H and O–H groups in total. The van der Waals surface area contributed by atoms with Crippen molar-refractivity contribution in [3.05, 3.63) is 96.8 Å². The van der Waals surface area contributed by atoms with Gasteiger partial charge in [0.25, 0.3) is 0 Å². The molecular weight excluding hydrogens is 593 g/mol. The summed E-state index contributed by atoms with van der Waals surface area (Å²) in [5.74, 6) is 1.20. The molecule has 5 rings (SSSR count). The Morgan fingerprint density at radius 2 is 1.70 bits per heavy atom. The van der Waals surface area contributed by atoms with E-state index in [2.05, 4.69) is 55.3 Å². The number of anilines is 1. The summed E-state index contributed by atoms with van der Waals surface area (Å²) in [6.45, 7) is 6.08. The first kappa shape index (κ1) is 22.9. The maximum Gasteiger partial charge on any atom is 0.207 e. The fourth-order valence-electron chi connectivity index (χ4n) is 3.93. The van der Waals surface area contributed by atoms with Gasteiger partial charge in [0.05, 0.1) is 11.9 Å². The van der Waals surface area contributed by atoms with Crippen LogP contribution in [0.1, 0.15) is 19.4 Å². The van der Waals surface area contributed by atoms with Crippen molar-refractivity contribution in [3.8, 4) is 11.5 Å². The largest absolute Gasteiger partial charge is 0.509 e. The van der Waals surface area contributed by atoms with Crippen LogP contribution in [0.5, 0.6) is 11.5 Å². The SMILES string of the molecule is CC1=C(c2ccccc2)C(C)[N+](c2[c-]c(Oc3[c-]c(N4[CH-]N(C)C=N4)ccc3)ccc2)=N1.[Pt]. The number of azo groups is 2. The number of hydrazone groups is 1. The topological polar surface area (TPSA) is 43.4 Å². The Bertz CT molecular complexity index is 1240. The minimum absolute atomic E-state index is 0. The molecule has 1 unspecified atom stereocenters. The van der Waals surface area contributed by atoms with Crippen molar-refractivity contribution in [2.45, 2.75) is 19.9 Å². The third kappa shape index (κ3) is 4.76. The van der Waals surface area contributed by atoms with E-state index in [1.807, 2.05) is 65.8 Å². The summed E-state index contributed by atoms with van der Waals surface area (Å²) in [7, 11) is 1.93. The van der Waals surface area contributed by atoms with E-state index < -0.39 is 0 Å². The second-order valence-corrected chi connectivity index (χ2v) is 7.74. The van der Waals surface area contributed by atoms with E-state index in [-0.39, 0.29) is 27.1 Å². The minimum atomic E-state index is 0. The fraction of sp³-hybridized carbons (Fsp3) is 0.154. The molecule has 0 spiro atoms. The quantitative estimate of drug-likeness (QED) is 0.268. The molecule has 0 saturated carbocycles. The van der Waals surface area contributed by atoms with Crippen molar-refractivity contribution < 1.29 is 30.5 Å². The summed E-state index contributed by atoms with van der Waals surface area (Å²) >= 11 is 0. The Morgan fingerprint density at radius 1 is 0.970 bits per heavy atom. The molecule has 0 amide bonds. The summed E-state index contributed by atoms with van der Waals surface area (Å²) in [5, 5.41) is 10.9. The molecule has 170 valence electrons. The molecule has 33 heavy (non-hydrogen) atoms. The van der Waals surface area contributed by atoms with Crippen LogP contribution in [0.4, 0.5) is 11.4 Å². The summed E-state index contributed by atoms with van der Waals surface area (Å²) in [6.07, 6.45) is 1.74. The number of hydrogen-bond donors (Lipinski definition) is 0. The fourth-order valence-corrected chi connectivity index (χ4v) is 3.93. The monoisotopic (exact) mass is 616 g/mol. The average molecular weight is 617 g/mol. The van der Waals surface area contributed by atoms with Crippen molar-refractivity contribution in [1.29, 1.82) is 0 Å². The Labute approximate surface area is 208 Å². The first-order valence-corrected chi connectivity index (χ1v) is 10.5. The Balaban J connectivity index is 0.00000259. The van der Waals surface area contributed by atoms with Gasteiger partial charge in [0.1, 0.15) is 11.4 Å². The molecule has 0 bridgehead atoms. The molecule has 0 aromatic heterocycles. The Morgan fingerprint density at radius 3 is 2.42 bits per heavy atom. The van der Waals surface area contributed by atoms with Crippen molar-refractivity contribution in [1.82, 2.24) is 4.90 Å². The molecule has 6 nitrogen and oxygen atoms in total. The van der Waals surface area contributed by atoms with E-state index in [0.717, 1.165) is 17.1 Å². The second-order valence-electron chi connectivity index (χ2n) is 7.74. The summed E-state index contributed by atoms with van der Waals surface area (Å²) in [4.78, 5) is 1.87. The van der Waals surface area contributed by atoms with Crippen LogP contribution < -0.4 is 9.75 Å². The summed E-state index contributed by atoms with van der Waals surface area (Å²) in [6, 6.07) is 28.7. The average Bonchev–Trinajstić information content (AvgIpc) is 3.37. The number of allylic oxidation sites excluding steroid dienone is 1. The summed E-state index contributed by atoms with van der Waals surface area (Å²) < 4.78 is 8.07. The van der Waals surface area contributed by atoms with Gasteiger partial charge >= 0.3 is 0 Å². The van der Waals surface area contributed by atoms with Crippen LogP contribution in [0.25, 0.3) is 5.57 Å². The predicted octanol–water partition coefficient (Wildman–Crippen LogP) is 5.82. The van der Waals surface area contributed by atoms with Crippen molar-refractivity contribution in [3.63, 3.8) is 0 Å². The van der Waals surface area contributed by atoms with Gasteiger partial charge in [-0.25, -0.2) is 0 Å². The number of benzene rings is 3.